The van der Waals surface area contributed by atoms with Crippen LogP contribution < -0.4 is 10.5 Å². The summed E-state index contributed by atoms with van der Waals surface area (Å²) in [6.45, 7) is 6.01. The first-order valence-corrected chi connectivity index (χ1v) is 5.52. The molecule has 0 aliphatic rings. The summed E-state index contributed by atoms with van der Waals surface area (Å²) in [6, 6.07) is 5.62. The zero-order valence-electron chi connectivity index (χ0n) is 10.2. The maximum atomic E-state index is 5.78. The van der Waals surface area contributed by atoms with Crippen molar-refractivity contribution in [1.82, 2.24) is 14.8 Å². The van der Waals surface area contributed by atoms with Gasteiger partial charge in [0.1, 0.15) is 0 Å². The van der Waals surface area contributed by atoms with Crippen molar-refractivity contribution in [3.8, 4) is 11.8 Å². The van der Waals surface area contributed by atoms with Gasteiger partial charge in [-0.05, 0) is 32.9 Å². The normalized spacial score (nSPS) is 10.8. The zero-order valence-corrected chi connectivity index (χ0v) is 10.2. The van der Waals surface area contributed by atoms with Crippen LogP contribution in [0.1, 0.15) is 25.6 Å². The summed E-state index contributed by atoms with van der Waals surface area (Å²) in [5, 5.41) is 4.36. The van der Waals surface area contributed by atoms with E-state index < -0.39 is 0 Å². The van der Waals surface area contributed by atoms with Crippen LogP contribution in [0.15, 0.2) is 24.4 Å². The van der Waals surface area contributed by atoms with E-state index in [4.69, 9.17) is 10.5 Å². The topological polar surface area (TPSA) is 66.0 Å². The second-order valence-electron chi connectivity index (χ2n) is 4.16. The van der Waals surface area contributed by atoms with Gasteiger partial charge in [0, 0.05) is 12.3 Å². The highest BCUT2D eigenvalue weighted by Crippen LogP contribution is 2.26. The molecule has 5 nitrogen and oxygen atoms in total. The Hall–Kier alpha value is -2.04. The van der Waals surface area contributed by atoms with Crippen LogP contribution in [0.25, 0.3) is 0 Å². The van der Waals surface area contributed by atoms with Gasteiger partial charge in [0.25, 0.3) is 0 Å². The number of pyridine rings is 1. The van der Waals surface area contributed by atoms with Crippen LogP contribution in [0.5, 0.6) is 11.8 Å². The molecule has 0 unspecified atom stereocenters. The molecule has 0 saturated carbocycles. The van der Waals surface area contributed by atoms with Gasteiger partial charge in [-0.25, -0.2) is 9.67 Å². The van der Waals surface area contributed by atoms with Gasteiger partial charge in [0.2, 0.25) is 11.8 Å². The van der Waals surface area contributed by atoms with Crippen LogP contribution in [0.2, 0.25) is 0 Å². The summed E-state index contributed by atoms with van der Waals surface area (Å²) in [5.74, 6) is 1.07. The molecule has 5 heteroatoms. The van der Waals surface area contributed by atoms with E-state index in [1.807, 2.05) is 31.5 Å². The maximum Gasteiger partial charge on any atom is 0.244 e. The van der Waals surface area contributed by atoms with Crippen molar-refractivity contribution in [3.05, 3.63) is 30.1 Å². The highest BCUT2D eigenvalue weighted by molar-refractivity contribution is 5.48. The number of aryl methyl sites for hydroxylation is 1. The predicted molar refractivity (Wildman–Crippen MR) is 66.1 cm³/mol. The summed E-state index contributed by atoms with van der Waals surface area (Å²) in [4.78, 5) is 4.09. The summed E-state index contributed by atoms with van der Waals surface area (Å²) < 4.78 is 7.50. The Kier molecular flexibility index (Phi) is 2.99. The Morgan fingerprint density at radius 1 is 1.41 bits per heavy atom. The molecule has 0 aromatic carbocycles. The molecule has 0 radical (unpaired) electrons. The van der Waals surface area contributed by atoms with Crippen LogP contribution >= 0.6 is 0 Å². The van der Waals surface area contributed by atoms with Crippen LogP contribution in [0, 0.1) is 6.92 Å². The van der Waals surface area contributed by atoms with Crippen molar-refractivity contribution < 1.29 is 4.74 Å². The van der Waals surface area contributed by atoms with Gasteiger partial charge < -0.3 is 10.5 Å². The average Bonchev–Trinajstić information content (AvgIpc) is 2.63. The molecule has 2 heterocycles. The van der Waals surface area contributed by atoms with Crippen molar-refractivity contribution in [3.63, 3.8) is 0 Å². The Morgan fingerprint density at radius 3 is 2.82 bits per heavy atom. The van der Waals surface area contributed by atoms with Crippen LogP contribution in [0.3, 0.4) is 0 Å². The molecule has 0 bridgehead atoms. The van der Waals surface area contributed by atoms with E-state index in [2.05, 4.69) is 10.1 Å². The third kappa shape index (κ3) is 2.38. The monoisotopic (exact) mass is 232 g/mol. The lowest BCUT2D eigenvalue weighted by atomic mass is 10.4. The van der Waals surface area contributed by atoms with Crippen molar-refractivity contribution in [2.45, 2.75) is 26.8 Å². The molecule has 2 rings (SSSR count). The first-order chi connectivity index (χ1) is 8.08. The third-order valence-electron chi connectivity index (χ3n) is 2.31. The van der Waals surface area contributed by atoms with Crippen molar-refractivity contribution >= 4 is 5.69 Å². The predicted octanol–water partition coefficient (Wildman–Crippen LogP) is 2.54. The van der Waals surface area contributed by atoms with Gasteiger partial charge in [-0.1, -0.05) is 0 Å². The molecule has 0 spiro atoms. The van der Waals surface area contributed by atoms with E-state index in [0.717, 1.165) is 5.69 Å². The van der Waals surface area contributed by atoms with Crippen LogP contribution in [-0.2, 0) is 0 Å². The largest absolute Gasteiger partial charge is 0.419 e. The van der Waals surface area contributed by atoms with Crippen molar-refractivity contribution in [2.75, 3.05) is 5.73 Å². The molecule has 90 valence electrons. The Morgan fingerprint density at radius 2 is 2.18 bits per heavy atom. The van der Waals surface area contributed by atoms with Gasteiger partial charge in [-0.2, -0.15) is 5.10 Å². The molecular formula is C12H16N4O. The number of anilines is 1. The molecule has 0 saturated heterocycles. The molecule has 0 atom stereocenters. The molecule has 0 aliphatic carbocycles. The standard InChI is InChI=1S/C12H16N4O/c1-8(2)16-11(7-9(3)15-16)17-12-10(13)5-4-6-14-12/h4-8H,13H2,1-3H3. The van der Waals surface area contributed by atoms with Gasteiger partial charge >= 0.3 is 0 Å². The average molecular weight is 232 g/mol. The fraction of sp³-hybridized carbons (Fsp3) is 0.333. The summed E-state index contributed by atoms with van der Waals surface area (Å²) >= 11 is 0. The van der Waals surface area contributed by atoms with Crippen molar-refractivity contribution in [2.24, 2.45) is 0 Å². The van der Waals surface area contributed by atoms with Gasteiger partial charge in [-0.3, -0.25) is 0 Å². The summed E-state index contributed by atoms with van der Waals surface area (Å²) in [7, 11) is 0. The van der Waals surface area contributed by atoms with E-state index in [1.54, 1.807) is 18.3 Å². The van der Waals surface area contributed by atoms with Gasteiger partial charge in [0.15, 0.2) is 0 Å². The van der Waals surface area contributed by atoms with E-state index in [0.29, 0.717) is 17.4 Å². The molecule has 17 heavy (non-hydrogen) atoms. The molecule has 0 aliphatic heterocycles. The van der Waals surface area contributed by atoms with E-state index in [9.17, 15) is 0 Å². The SMILES string of the molecule is Cc1cc(Oc2ncccc2N)n(C(C)C)n1. The number of nitrogens with zero attached hydrogens (tertiary/aromatic N) is 3. The molecule has 0 amide bonds. The highest BCUT2D eigenvalue weighted by atomic mass is 16.5. The lowest BCUT2D eigenvalue weighted by Crippen LogP contribution is -2.06. The fourth-order valence-corrected chi connectivity index (χ4v) is 1.53. The minimum absolute atomic E-state index is 0.226. The second kappa shape index (κ2) is 4.45. The number of ether oxygens (including phenoxy) is 1. The van der Waals surface area contributed by atoms with E-state index in [-0.39, 0.29) is 6.04 Å². The number of hydrogen-bond acceptors (Lipinski definition) is 4. The van der Waals surface area contributed by atoms with Gasteiger partial charge in [0.05, 0.1) is 17.4 Å². The highest BCUT2D eigenvalue weighted by Gasteiger charge is 2.12. The third-order valence-corrected chi connectivity index (χ3v) is 2.31. The van der Waals surface area contributed by atoms with Crippen LogP contribution in [0.4, 0.5) is 5.69 Å². The number of nitrogens with two attached hydrogens (primary N) is 1. The second-order valence-corrected chi connectivity index (χ2v) is 4.16. The molecule has 0 fully saturated rings. The quantitative estimate of drug-likeness (QED) is 0.883. The smallest absolute Gasteiger partial charge is 0.244 e. The maximum absolute atomic E-state index is 5.78. The first kappa shape index (κ1) is 11.4. The Balaban J connectivity index is 2.33. The summed E-state index contributed by atoms with van der Waals surface area (Å²) in [5.41, 5.74) is 7.21. The summed E-state index contributed by atoms with van der Waals surface area (Å²) in [6.07, 6.45) is 1.65. The minimum atomic E-state index is 0.226. The molecule has 2 aromatic heterocycles. The van der Waals surface area contributed by atoms with E-state index >= 15 is 0 Å². The molecule has 2 N–H and O–H groups in total. The number of hydrogen-bond donors (Lipinski definition) is 1. The Bertz CT molecular complexity index is 519. The fourth-order valence-electron chi connectivity index (χ4n) is 1.53. The Labute approximate surface area is 100 Å². The first-order valence-electron chi connectivity index (χ1n) is 5.52. The van der Waals surface area contributed by atoms with E-state index in [1.165, 1.54) is 0 Å². The van der Waals surface area contributed by atoms with Gasteiger partial charge in [-0.15, -0.1) is 0 Å². The molecule has 2 aromatic rings. The number of nitrogen functional groups attached to an aromatic ring is 1. The zero-order chi connectivity index (χ0) is 12.4. The lowest BCUT2D eigenvalue weighted by molar-refractivity contribution is 0.379. The number of rotatable bonds is 3. The minimum Gasteiger partial charge on any atom is -0.419 e. The number of aromatic nitrogens is 3. The lowest BCUT2D eigenvalue weighted by Gasteiger charge is -2.11. The molecular weight excluding hydrogens is 216 g/mol. The van der Waals surface area contributed by atoms with Crippen molar-refractivity contribution in [1.29, 1.82) is 0 Å². The van der Waals surface area contributed by atoms with Crippen LogP contribution in [-0.4, -0.2) is 14.8 Å².